The molecule has 5 nitrogen and oxygen atoms in total. The average molecular weight is 430 g/mol. The molecule has 0 aliphatic heterocycles. The number of amides is 2. The SMILES string of the molecule is CC(C)(C)C(=O)Nc1ccccc1C(=O)Nc1cc(CN)cc(C(F)(F)F)c1.Cl. The van der Waals surface area contributed by atoms with E-state index in [-0.39, 0.29) is 47.4 Å². The number of nitrogens with two attached hydrogens (primary N) is 1. The zero-order chi connectivity index (χ0) is 21.1. The summed E-state index contributed by atoms with van der Waals surface area (Å²) in [7, 11) is 0. The van der Waals surface area contributed by atoms with E-state index in [0.29, 0.717) is 0 Å². The van der Waals surface area contributed by atoms with Gasteiger partial charge in [-0.15, -0.1) is 12.4 Å². The van der Waals surface area contributed by atoms with Gasteiger partial charge in [-0.25, -0.2) is 0 Å². The van der Waals surface area contributed by atoms with Gasteiger partial charge in [0.2, 0.25) is 5.91 Å². The highest BCUT2D eigenvalue weighted by atomic mass is 35.5. The van der Waals surface area contributed by atoms with Gasteiger partial charge in [-0.1, -0.05) is 32.9 Å². The molecule has 2 aromatic rings. The third-order valence-electron chi connectivity index (χ3n) is 3.91. The molecule has 9 heteroatoms. The number of anilines is 2. The van der Waals surface area contributed by atoms with Gasteiger partial charge in [-0.3, -0.25) is 9.59 Å². The Morgan fingerprint density at radius 1 is 1.00 bits per heavy atom. The maximum absolute atomic E-state index is 13.1. The lowest BCUT2D eigenvalue weighted by molar-refractivity contribution is -0.137. The Labute approximate surface area is 173 Å². The molecule has 0 saturated heterocycles. The van der Waals surface area contributed by atoms with E-state index in [4.69, 9.17) is 5.73 Å². The van der Waals surface area contributed by atoms with Crippen molar-refractivity contribution in [3.63, 3.8) is 0 Å². The highest BCUT2D eigenvalue weighted by molar-refractivity contribution is 6.10. The predicted molar refractivity (Wildman–Crippen MR) is 109 cm³/mol. The third kappa shape index (κ3) is 6.47. The Bertz CT molecular complexity index is 893. The summed E-state index contributed by atoms with van der Waals surface area (Å²) in [6.45, 7) is 5.07. The van der Waals surface area contributed by atoms with Crippen molar-refractivity contribution >= 4 is 35.6 Å². The number of halogens is 4. The maximum atomic E-state index is 13.1. The van der Waals surface area contributed by atoms with Crippen molar-refractivity contribution < 1.29 is 22.8 Å². The zero-order valence-corrected chi connectivity index (χ0v) is 17.0. The van der Waals surface area contributed by atoms with Crippen LogP contribution in [-0.4, -0.2) is 11.8 Å². The molecular formula is C20H23ClF3N3O2. The highest BCUT2D eigenvalue weighted by Gasteiger charge is 2.31. The normalized spacial score (nSPS) is 11.4. The van der Waals surface area contributed by atoms with Crippen LogP contribution in [0.15, 0.2) is 42.5 Å². The lowest BCUT2D eigenvalue weighted by Gasteiger charge is -2.19. The van der Waals surface area contributed by atoms with Gasteiger partial charge in [0.15, 0.2) is 0 Å². The van der Waals surface area contributed by atoms with Crippen molar-refractivity contribution in [1.82, 2.24) is 0 Å². The van der Waals surface area contributed by atoms with Gasteiger partial charge >= 0.3 is 6.18 Å². The summed E-state index contributed by atoms with van der Waals surface area (Å²) in [6.07, 6.45) is -4.57. The van der Waals surface area contributed by atoms with Crippen LogP contribution in [0.3, 0.4) is 0 Å². The van der Waals surface area contributed by atoms with Gasteiger partial charge < -0.3 is 16.4 Å². The summed E-state index contributed by atoms with van der Waals surface area (Å²) in [5.41, 5.74) is 4.49. The van der Waals surface area contributed by atoms with Crippen molar-refractivity contribution in [2.24, 2.45) is 11.1 Å². The van der Waals surface area contributed by atoms with Crippen LogP contribution in [0.5, 0.6) is 0 Å². The topological polar surface area (TPSA) is 84.2 Å². The lowest BCUT2D eigenvalue weighted by atomic mass is 9.95. The molecule has 0 fully saturated rings. The van der Waals surface area contributed by atoms with Gasteiger partial charge in [-0.2, -0.15) is 13.2 Å². The molecule has 2 aromatic carbocycles. The van der Waals surface area contributed by atoms with Crippen LogP contribution in [0, 0.1) is 5.41 Å². The van der Waals surface area contributed by atoms with Crippen molar-refractivity contribution in [3.05, 3.63) is 59.2 Å². The maximum Gasteiger partial charge on any atom is 0.416 e. The first-order valence-corrected chi connectivity index (χ1v) is 8.55. The second-order valence-electron chi connectivity index (χ2n) is 7.32. The van der Waals surface area contributed by atoms with Crippen LogP contribution in [0.4, 0.5) is 24.5 Å². The number of hydrogen-bond donors (Lipinski definition) is 3. The second-order valence-corrected chi connectivity index (χ2v) is 7.32. The molecule has 2 rings (SSSR count). The molecule has 0 aliphatic rings. The lowest BCUT2D eigenvalue weighted by Crippen LogP contribution is -2.28. The first kappa shape index (κ1) is 24.5. The molecule has 0 unspecified atom stereocenters. The van der Waals surface area contributed by atoms with Crippen molar-refractivity contribution in [1.29, 1.82) is 0 Å². The summed E-state index contributed by atoms with van der Waals surface area (Å²) >= 11 is 0. The van der Waals surface area contributed by atoms with Gasteiger partial charge in [0.05, 0.1) is 16.8 Å². The first-order chi connectivity index (χ1) is 12.9. The molecule has 0 aromatic heterocycles. The first-order valence-electron chi connectivity index (χ1n) is 8.55. The van der Waals surface area contributed by atoms with E-state index in [1.54, 1.807) is 39.0 Å². The Morgan fingerprint density at radius 2 is 1.62 bits per heavy atom. The zero-order valence-electron chi connectivity index (χ0n) is 16.2. The molecule has 0 saturated carbocycles. The van der Waals surface area contributed by atoms with Crippen LogP contribution in [0.1, 0.15) is 42.3 Å². The van der Waals surface area contributed by atoms with Crippen LogP contribution in [0.2, 0.25) is 0 Å². The van der Waals surface area contributed by atoms with E-state index in [1.807, 2.05) is 0 Å². The van der Waals surface area contributed by atoms with E-state index >= 15 is 0 Å². The number of alkyl halides is 3. The summed E-state index contributed by atoms with van der Waals surface area (Å²) in [5.74, 6) is -0.940. The minimum Gasteiger partial charge on any atom is -0.326 e. The van der Waals surface area contributed by atoms with E-state index < -0.39 is 23.1 Å². The van der Waals surface area contributed by atoms with Crippen LogP contribution < -0.4 is 16.4 Å². The minimum atomic E-state index is -4.57. The van der Waals surface area contributed by atoms with Gasteiger partial charge in [-0.05, 0) is 35.9 Å². The molecule has 4 N–H and O–H groups in total. The van der Waals surface area contributed by atoms with Gasteiger partial charge in [0, 0.05) is 17.6 Å². The van der Waals surface area contributed by atoms with E-state index in [2.05, 4.69) is 10.6 Å². The fourth-order valence-electron chi connectivity index (χ4n) is 2.34. The number of hydrogen-bond acceptors (Lipinski definition) is 3. The fraction of sp³-hybridized carbons (Fsp3) is 0.300. The van der Waals surface area contributed by atoms with Gasteiger partial charge in [0.25, 0.3) is 5.91 Å². The number of para-hydroxylation sites is 1. The van der Waals surface area contributed by atoms with E-state index in [9.17, 15) is 22.8 Å². The number of carbonyl (C=O) groups excluding carboxylic acids is 2. The average Bonchev–Trinajstić information content (AvgIpc) is 2.60. The van der Waals surface area contributed by atoms with E-state index in [0.717, 1.165) is 12.1 Å². The van der Waals surface area contributed by atoms with Crippen LogP contribution in [-0.2, 0) is 17.5 Å². The molecule has 0 bridgehead atoms. The van der Waals surface area contributed by atoms with Gasteiger partial charge in [0.1, 0.15) is 0 Å². The molecule has 0 heterocycles. The number of nitrogens with one attached hydrogen (secondary N) is 2. The molecule has 0 radical (unpaired) electrons. The number of benzene rings is 2. The Hall–Kier alpha value is -2.58. The quantitative estimate of drug-likeness (QED) is 0.651. The summed E-state index contributed by atoms with van der Waals surface area (Å²) in [4.78, 5) is 24.9. The predicted octanol–water partition coefficient (Wildman–Crippen LogP) is 4.82. The Kier molecular flexibility index (Phi) is 7.83. The van der Waals surface area contributed by atoms with Crippen LogP contribution in [0.25, 0.3) is 0 Å². The standard InChI is InChI=1S/C20H22F3N3O2.ClH/c1-19(2,3)18(28)26-16-7-5-4-6-15(16)17(27)25-14-9-12(11-24)8-13(10-14)20(21,22)23;/h4-10H,11,24H2,1-3H3,(H,25,27)(H,26,28);1H. The Morgan fingerprint density at radius 3 is 2.17 bits per heavy atom. The van der Waals surface area contributed by atoms with Crippen molar-refractivity contribution in [2.75, 3.05) is 10.6 Å². The molecule has 0 atom stereocenters. The molecule has 29 heavy (non-hydrogen) atoms. The largest absolute Gasteiger partial charge is 0.416 e. The van der Waals surface area contributed by atoms with Crippen LogP contribution >= 0.6 is 12.4 Å². The van der Waals surface area contributed by atoms with Crippen molar-refractivity contribution in [2.45, 2.75) is 33.5 Å². The summed E-state index contributed by atoms with van der Waals surface area (Å²) in [6, 6.07) is 9.43. The highest BCUT2D eigenvalue weighted by Crippen LogP contribution is 2.32. The molecule has 158 valence electrons. The molecule has 0 spiro atoms. The Balaban J connectivity index is 0.00000420. The fourth-order valence-corrected chi connectivity index (χ4v) is 2.34. The molecule has 2 amide bonds. The monoisotopic (exact) mass is 429 g/mol. The molecular weight excluding hydrogens is 407 g/mol. The second kappa shape index (κ2) is 9.28. The minimum absolute atomic E-state index is 0. The number of carbonyl (C=O) groups is 2. The number of rotatable bonds is 4. The molecule has 0 aliphatic carbocycles. The summed E-state index contributed by atoms with van der Waals surface area (Å²) in [5, 5.41) is 5.13. The van der Waals surface area contributed by atoms with E-state index in [1.165, 1.54) is 12.1 Å². The third-order valence-corrected chi connectivity index (χ3v) is 3.91. The summed E-state index contributed by atoms with van der Waals surface area (Å²) < 4.78 is 39.2. The smallest absolute Gasteiger partial charge is 0.326 e. The van der Waals surface area contributed by atoms with Crippen molar-refractivity contribution in [3.8, 4) is 0 Å².